The van der Waals surface area contributed by atoms with Gasteiger partial charge in [0.15, 0.2) is 0 Å². The summed E-state index contributed by atoms with van der Waals surface area (Å²) >= 11 is 0. The zero-order valence-electron chi connectivity index (χ0n) is 25.3. The number of hydrogen-bond donors (Lipinski definition) is 1. The molecule has 0 radical (unpaired) electrons. The van der Waals surface area contributed by atoms with Gasteiger partial charge in [-0.25, -0.2) is 0 Å². The molecular weight excluding hydrogens is 508 g/mol. The maximum Gasteiger partial charge on any atom is 0.258 e. The van der Waals surface area contributed by atoms with Crippen LogP contribution in [0.25, 0.3) is 0 Å². The number of carbonyl (C=O) groups is 1. The number of nitrogens with one attached hydrogen (secondary N) is 1. The molecule has 1 unspecified atom stereocenters. The van der Waals surface area contributed by atoms with Gasteiger partial charge in [0.05, 0.1) is 5.57 Å². The molecule has 1 atom stereocenters. The molecule has 2 aromatic carbocycles. The van der Waals surface area contributed by atoms with Crippen molar-refractivity contribution in [1.29, 1.82) is 10.5 Å². The maximum atomic E-state index is 14.7. The zero-order chi connectivity index (χ0) is 29.5. The predicted octanol–water partition coefficient (Wildman–Crippen LogP) is 5.16. The van der Waals surface area contributed by atoms with Gasteiger partial charge in [0.1, 0.15) is 17.7 Å². The van der Waals surface area contributed by atoms with E-state index in [1.807, 2.05) is 26.0 Å². The Bertz CT molecular complexity index is 1340. The minimum atomic E-state index is -0.413. The van der Waals surface area contributed by atoms with Crippen molar-refractivity contribution in [3.05, 3.63) is 75.4 Å². The minimum absolute atomic E-state index is 0.107. The van der Waals surface area contributed by atoms with Crippen LogP contribution in [0, 0.1) is 43.4 Å². The Kier molecular flexibility index (Phi) is 10.3. The highest BCUT2D eigenvalue weighted by molar-refractivity contribution is 6.08. The van der Waals surface area contributed by atoms with Gasteiger partial charge in [-0.15, -0.1) is 0 Å². The van der Waals surface area contributed by atoms with Crippen molar-refractivity contribution < 1.29 is 4.79 Å². The van der Waals surface area contributed by atoms with E-state index in [1.165, 1.54) is 36.0 Å². The number of nitrogens with zero attached hydrogens (tertiary/aromatic N) is 5. The monoisotopic (exact) mass is 552 g/mol. The van der Waals surface area contributed by atoms with Crippen molar-refractivity contribution in [1.82, 2.24) is 15.1 Å². The number of rotatable bonds is 9. The van der Waals surface area contributed by atoms with E-state index in [4.69, 9.17) is 0 Å². The molecule has 4 rings (SSSR count). The number of benzene rings is 2. The van der Waals surface area contributed by atoms with Crippen LogP contribution in [0.3, 0.4) is 0 Å². The van der Waals surface area contributed by atoms with Crippen molar-refractivity contribution in [2.45, 2.75) is 78.9 Å². The molecule has 2 fully saturated rings. The van der Waals surface area contributed by atoms with E-state index >= 15 is 0 Å². The fourth-order valence-electron chi connectivity index (χ4n) is 6.27. The number of allylic oxidation sites excluding steroid dienone is 1. The summed E-state index contributed by atoms with van der Waals surface area (Å²) in [5.74, 6) is -0.271. The summed E-state index contributed by atoms with van der Waals surface area (Å²) in [6.45, 7) is 15.5. The molecule has 2 aliphatic heterocycles. The molecule has 7 heteroatoms. The Morgan fingerprint density at radius 2 is 1.76 bits per heavy atom. The first-order valence-electron chi connectivity index (χ1n) is 14.9. The Morgan fingerprint density at radius 3 is 2.39 bits per heavy atom. The predicted molar refractivity (Wildman–Crippen MR) is 164 cm³/mol. The van der Waals surface area contributed by atoms with Gasteiger partial charge in [-0.3, -0.25) is 14.6 Å². The lowest BCUT2D eigenvalue weighted by Crippen LogP contribution is -2.46. The third-order valence-corrected chi connectivity index (χ3v) is 8.50. The molecule has 7 nitrogen and oxygen atoms in total. The van der Waals surface area contributed by atoms with Gasteiger partial charge >= 0.3 is 0 Å². The number of anilines is 1. The SMILES string of the molecule is Cc1cc(C)c(C)c(CC(C(C(=O)N(c2cccc(CN3CCCCC3)c2)C(C)C)=C(C#N)C#N)N2CCNC2)c1. The average Bonchev–Trinajstić information content (AvgIpc) is 3.49. The Hall–Kier alpha value is -3.49. The normalized spacial score (nSPS) is 16.7. The smallest absolute Gasteiger partial charge is 0.258 e. The standard InChI is InChI=1S/C34H44N6O/c1-24(2)40(31-11-9-10-28(18-31)22-38-13-7-6-8-14-38)34(41)33(30(20-35)21-36)32(39-15-12-37-23-39)19-29-17-25(3)16-26(4)27(29)5/h9-11,16-18,24,32,37H,6-8,12-15,19,22-23H2,1-5H3. The van der Waals surface area contributed by atoms with E-state index < -0.39 is 6.04 Å². The third-order valence-electron chi connectivity index (χ3n) is 8.50. The molecule has 0 saturated carbocycles. The van der Waals surface area contributed by atoms with E-state index in [-0.39, 0.29) is 23.1 Å². The summed E-state index contributed by atoms with van der Waals surface area (Å²) in [6, 6.07) is 16.1. The number of amides is 1. The van der Waals surface area contributed by atoms with Crippen LogP contribution in [0.1, 0.15) is 60.9 Å². The Labute approximate surface area is 246 Å². The molecule has 216 valence electrons. The fraction of sp³-hybridized carbons (Fsp3) is 0.500. The minimum Gasteiger partial charge on any atom is -0.306 e. The second-order valence-corrected chi connectivity index (χ2v) is 11.8. The molecule has 2 aliphatic rings. The van der Waals surface area contributed by atoms with Gasteiger partial charge in [0, 0.05) is 44.1 Å². The van der Waals surface area contributed by atoms with Crippen molar-refractivity contribution in [2.24, 2.45) is 0 Å². The highest BCUT2D eigenvalue weighted by Crippen LogP contribution is 2.29. The van der Waals surface area contributed by atoms with Crippen molar-refractivity contribution in [2.75, 3.05) is 37.7 Å². The summed E-state index contributed by atoms with van der Waals surface area (Å²) in [7, 11) is 0. The van der Waals surface area contributed by atoms with Crippen LogP contribution in [-0.4, -0.2) is 60.6 Å². The van der Waals surface area contributed by atoms with Gasteiger partial charge in [0.25, 0.3) is 5.91 Å². The highest BCUT2D eigenvalue weighted by atomic mass is 16.2. The van der Waals surface area contributed by atoms with Crippen molar-refractivity contribution in [3.8, 4) is 12.1 Å². The molecular formula is C34H44N6O. The van der Waals surface area contributed by atoms with Crippen LogP contribution < -0.4 is 10.2 Å². The van der Waals surface area contributed by atoms with Crippen LogP contribution in [-0.2, 0) is 17.8 Å². The molecule has 2 heterocycles. The molecule has 1 N–H and O–H groups in total. The van der Waals surface area contributed by atoms with Gasteiger partial charge in [-0.1, -0.05) is 36.2 Å². The third kappa shape index (κ3) is 7.24. The van der Waals surface area contributed by atoms with Gasteiger partial charge in [-0.2, -0.15) is 10.5 Å². The fourth-order valence-corrected chi connectivity index (χ4v) is 6.27. The summed E-state index contributed by atoms with van der Waals surface area (Å²) in [4.78, 5) is 21.1. The van der Waals surface area contributed by atoms with Crippen LogP contribution in [0.4, 0.5) is 5.69 Å². The van der Waals surface area contributed by atoms with Gasteiger partial charge in [-0.05, 0) is 101 Å². The number of nitriles is 2. The summed E-state index contributed by atoms with van der Waals surface area (Å²) < 4.78 is 0. The summed E-state index contributed by atoms with van der Waals surface area (Å²) in [5, 5.41) is 23.6. The van der Waals surface area contributed by atoms with Gasteiger partial charge in [0.2, 0.25) is 0 Å². The molecule has 0 aromatic heterocycles. The second kappa shape index (κ2) is 13.9. The summed E-state index contributed by atoms with van der Waals surface area (Å²) in [5.41, 5.74) is 6.82. The van der Waals surface area contributed by atoms with Crippen LogP contribution in [0.5, 0.6) is 0 Å². The molecule has 2 aromatic rings. The maximum absolute atomic E-state index is 14.7. The van der Waals surface area contributed by atoms with Crippen molar-refractivity contribution >= 4 is 11.6 Å². The topological polar surface area (TPSA) is 86.4 Å². The number of carbonyl (C=O) groups excluding carboxylic acids is 1. The first kappa shape index (κ1) is 30.5. The lowest BCUT2D eigenvalue weighted by molar-refractivity contribution is -0.116. The highest BCUT2D eigenvalue weighted by Gasteiger charge is 2.36. The molecule has 0 bridgehead atoms. The first-order chi connectivity index (χ1) is 19.7. The van der Waals surface area contributed by atoms with Crippen LogP contribution in [0.2, 0.25) is 0 Å². The van der Waals surface area contributed by atoms with E-state index in [0.717, 1.165) is 49.5 Å². The number of piperidine rings is 1. The number of aryl methyl sites for hydroxylation is 2. The Balaban J connectivity index is 1.76. The number of likely N-dealkylation sites (tertiary alicyclic amines) is 1. The van der Waals surface area contributed by atoms with E-state index in [9.17, 15) is 15.3 Å². The molecule has 0 aliphatic carbocycles. The zero-order valence-corrected chi connectivity index (χ0v) is 25.3. The van der Waals surface area contributed by atoms with E-state index in [0.29, 0.717) is 13.1 Å². The quantitative estimate of drug-likeness (QED) is 0.342. The van der Waals surface area contributed by atoms with E-state index in [2.05, 4.69) is 72.3 Å². The first-order valence-corrected chi connectivity index (χ1v) is 14.9. The number of hydrogen-bond acceptors (Lipinski definition) is 6. The molecule has 2 saturated heterocycles. The summed E-state index contributed by atoms with van der Waals surface area (Å²) in [6.07, 6.45) is 4.28. The van der Waals surface area contributed by atoms with Crippen LogP contribution >= 0.6 is 0 Å². The average molecular weight is 553 g/mol. The molecule has 1 amide bonds. The Morgan fingerprint density at radius 1 is 1.02 bits per heavy atom. The molecule has 0 spiro atoms. The second-order valence-electron chi connectivity index (χ2n) is 11.8. The largest absolute Gasteiger partial charge is 0.306 e. The van der Waals surface area contributed by atoms with E-state index in [1.54, 1.807) is 4.90 Å². The lowest BCUT2D eigenvalue weighted by atomic mass is 9.89. The molecule has 41 heavy (non-hydrogen) atoms. The van der Waals surface area contributed by atoms with Crippen molar-refractivity contribution in [3.63, 3.8) is 0 Å². The van der Waals surface area contributed by atoms with Gasteiger partial charge < -0.3 is 10.2 Å². The van der Waals surface area contributed by atoms with Crippen LogP contribution in [0.15, 0.2) is 47.5 Å². The lowest BCUT2D eigenvalue weighted by Gasteiger charge is -2.34.